The van der Waals surface area contributed by atoms with E-state index in [4.69, 9.17) is 4.74 Å². The lowest BCUT2D eigenvalue weighted by atomic mass is 9.89. The first-order chi connectivity index (χ1) is 6.93. The number of hydrogen-bond acceptors (Lipinski definition) is 4. The molecule has 0 amide bonds. The molecule has 4 nitrogen and oxygen atoms in total. The maximum atomic E-state index is 11.8. The topological polar surface area (TPSA) is 52.6 Å². The fourth-order valence-corrected chi connectivity index (χ4v) is 1.40. The molecule has 0 aromatic heterocycles. The number of Topliss-reactive ketones (excluding diaryl/α,β-unsaturated/α-hetero) is 1. The Morgan fingerprint density at radius 1 is 1.13 bits per heavy atom. The number of carbonyl (C=O) groups excluding carboxylic acids is 2. The minimum atomic E-state index is -0.674. The van der Waals surface area contributed by atoms with Crippen molar-refractivity contribution in [2.45, 2.75) is 33.3 Å². The van der Waals surface area contributed by atoms with Crippen molar-refractivity contribution in [3.05, 3.63) is 0 Å². The SMILES string of the molecule is COC(=O)C(C(=O)CC(C)OC)C(C)C. The number of methoxy groups -OCH3 is 2. The van der Waals surface area contributed by atoms with Crippen molar-refractivity contribution in [1.82, 2.24) is 0 Å². The maximum Gasteiger partial charge on any atom is 0.316 e. The van der Waals surface area contributed by atoms with Crippen LogP contribution in [-0.2, 0) is 19.1 Å². The van der Waals surface area contributed by atoms with Gasteiger partial charge in [-0.2, -0.15) is 0 Å². The van der Waals surface area contributed by atoms with Crippen LogP contribution < -0.4 is 0 Å². The van der Waals surface area contributed by atoms with Crippen LogP contribution in [0, 0.1) is 11.8 Å². The minimum Gasteiger partial charge on any atom is -0.468 e. The van der Waals surface area contributed by atoms with Crippen LogP contribution >= 0.6 is 0 Å². The van der Waals surface area contributed by atoms with Gasteiger partial charge in [-0.05, 0) is 12.8 Å². The predicted octanol–water partition coefficient (Wildman–Crippen LogP) is 1.43. The summed E-state index contributed by atoms with van der Waals surface area (Å²) in [5, 5.41) is 0. The number of ketones is 1. The van der Waals surface area contributed by atoms with Gasteiger partial charge in [-0.15, -0.1) is 0 Å². The van der Waals surface area contributed by atoms with Gasteiger partial charge in [0.2, 0.25) is 0 Å². The summed E-state index contributed by atoms with van der Waals surface area (Å²) in [6, 6.07) is 0. The van der Waals surface area contributed by atoms with Gasteiger partial charge in [0, 0.05) is 13.5 Å². The molecule has 0 heterocycles. The van der Waals surface area contributed by atoms with Crippen LogP contribution in [0.3, 0.4) is 0 Å². The molecule has 0 bridgehead atoms. The van der Waals surface area contributed by atoms with E-state index in [1.807, 2.05) is 13.8 Å². The van der Waals surface area contributed by atoms with Crippen LogP contribution in [-0.4, -0.2) is 32.1 Å². The van der Waals surface area contributed by atoms with Crippen LogP contribution in [0.4, 0.5) is 0 Å². The smallest absolute Gasteiger partial charge is 0.316 e. The zero-order valence-corrected chi connectivity index (χ0v) is 10.1. The van der Waals surface area contributed by atoms with E-state index in [1.165, 1.54) is 7.11 Å². The number of hydrogen-bond donors (Lipinski definition) is 0. The normalized spacial score (nSPS) is 14.8. The highest BCUT2D eigenvalue weighted by Crippen LogP contribution is 2.17. The fraction of sp³-hybridized carbons (Fsp3) is 0.818. The van der Waals surface area contributed by atoms with Crippen molar-refractivity contribution >= 4 is 11.8 Å². The Labute approximate surface area is 90.9 Å². The molecular formula is C11H20O4. The zero-order chi connectivity index (χ0) is 12.0. The molecule has 2 unspecified atom stereocenters. The summed E-state index contributed by atoms with van der Waals surface area (Å²) < 4.78 is 9.60. The highest BCUT2D eigenvalue weighted by Gasteiger charge is 2.31. The number of esters is 1. The van der Waals surface area contributed by atoms with Crippen molar-refractivity contribution in [3.63, 3.8) is 0 Å². The van der Waals surface area contributed by atoms with E-state index in [9.17, 15) is 9.59 Å². The Hall–Kier alpha value is -0.900. The molecule has 4 heteroatoms. The van der Waals surface area contributed by atoms with Gasteiger partial charge in [-0.25, -0.2) is 0 Å². The molecule has 0 aromatic rings. The summed E-state index contributed by atoms with van der Waals surface area (Å²) in [7, 11) is 2.84. The van der Waals surface area contributed by atoms with Crippen LogP contribution in [0.25, 0.3) is 0 Å². The van der Waals surface area contributed by atoms with Crippen molar-refractivity contribution in [2.24, 2.45) is 11.8 Å². The van der Waals surface area contributed by atoms with E-state index in [0.29, 0.717) is 0 Å². The van der Waals surface area contributed by atoms with Crippen LogP contribution in [0.2, 0.25) is 0 Å². The highest BCUT2D eigenvalue weighted by atomic mass is 16.5. The molecule has 0 aliphatic heterocycles. The second-order valence-corrected chi connectivity index (χ2v) is 3.96. The Morgan fingerprint density at radius 3 is 2.00 bits per heavy atom. The van der Waals surface area contributed by atoms with Crippen LogP contribution in [0.1, 0.15) is 27.2 Å². The largest absolute Gasteiger partial charge is 0.468 e. The molecular weight excluding hydrogens is 196 g/mol. The lowest BCUT2D eigenvalue weighted by Crippen LogP contribution is -2.32. The summed E-state index contributed by atoms with van der Waals surface area (Å²) in [5.74, 6) is -1.30. The third-order valence-corrected chi connectivity index (χ3v) is 2.36. The Kier molecular flexibility index (Phi) is 6.17. The Balaban J connectivity index is 4.50. The highest BCUT2D eigenvalue weighted by molar-refractivity contribution is 5.99. The third kappa shape index (κ3) is 4.42. The van der Waals surface area contributed by atoms with Crippen molar-refractivity contribution in [1.29, 1.82) is 0 Å². The molecule has 0 radical (unpaired) electrons. The molecule has 0 rings (SSSR count). The van der Waals surface area contributed by atoms with Crippen molar-refractivity contribution in [3.8, 4) is 0 Å². The molecule has 0 saturated heterocycles. The molecule has 0 fully saturated rings. The van der Waals surface area contributed by atoms with Gasteiger partial charge >= 0.3 is 5.97 Å². The molecule has 0 aliphatic rings. The van der Waals surface area contributed by atoms with Crippen molar-refractivity contribution < 1.29 is 19.1 Å². The Bertz CT molecular complexity index is 223. The molecule has 0 N–H and O–H groups in total. The van der Waals surface area contributed by atoms with Crippen LogP contribution in [0.5, 0.6) is 0 Å². The van der Waals surface area contributed by atoms with E-state index in [-0.39, 0.29) is 24.2 Å². The third-order valence-electron chi connectivity index (χ3n) is 2.36. The molecule has 0 saturated carbocycles. The van der Waals surface area contributed by atoms with Crippen LogP contribution in [0.15, 0.2) is 0 Å². The monoisotopic (exact) mass is 216 g/mol. The lowest BCUT2D eigenvalue weighted by Gasteiger charge is -2.18. The lowest BCUT2D eigenvalue weighted by molar-refractivity contribution is -0.151. The Morgan fingerprint density at radius 2 is 1.67 bits per heavy atom. The van der Waals surface area contributed by atoms with E-state index < -0.39 is 11.9 Å². The van der Waals surface area contributed by atoms with Gasteiger partial charge in [0.25, 0.3) is 0 Å². The fourth-order valence-electron chi connectivity index (χ4n) is 1.40. The second kappa shape index (κ2) is 6.56. The molecule has 0 spiro atoms. The number of ether oxygens (including phenoxy) is 2. The van der Waals surface area contributed by atoms with E-state index in [1.54, 1.807) is 14.0 Å². The van der Waals surface area contributed by atoms with Gasteiger partial charge in [0.15, 0.2) is 0 Å². The summed E-state index contributed by atoms with van der Waals surface area (Å²) in [6.07, 6.45) is 0.0810. The maximum absolute atomic E-state index is 11.8. The number of carbonyl (C=O) groups is 2. The first kappa shape index (κ1) is 14.1. The average molecular weight is 216 g/mol. The first-order valence-corrected chi connectivity index (χ1v) is 5.07. The van der Waals surface area contributed by atoms with E-state index >= 15 is 0 Å². The molecule has 2 atom stereocenters. The summed E-state index contributed by atoms with van der Waals surface area (Å²) >= 11 is 0. The summed E-state index contributed by atoms with van der Waals surface area (Å²) in [6.45, 7) is 5.46. The zero-order valence-electron chi connectivity index (χ0n) is 10.1. The number of rotatable bonds is 6. The van der Waals surface area contributed by atoms with Gasteiger partial charge in [-0.3, -0.25) is 9.59 Å². The minimum absolute atomic E-state index is 0.0472. The van der Waals surface area contributed by atoms with E-state index in [0.717, 1.165) is 0 Å². The molecule has 15 heavy (non-hydrogen) atoms. The van der Waals surface area contributed by atoms with E-state index in [2.05, 4.69) is 4.74 Å². The average Bonchev–Trinajstić information content (AvgIpc) is 2.16. The van der Waals surface area contributed by atoms with Gasteiger partial charge < -0.3 is 9.47 Å². The summed E-state index contributed by atoms with van der Waals surface area (Å²) in [4.78, 5) is 23.2. The second-order valence-electron chi connectivity index (χ2n) is 3.96. The molecule has 0 aliphatic carbocycles. The molecule has 0 aromatic carbocycles. The van der Waals surface area contributed by atoms with Gasteiger partial charge in [0.1, 0.15) is 11.7 Å². The van der Waals surface area contributed by atoms with Gasteiger partial charge in [-0.1, -0.05) is 13.8 Å². The van der Waals surface area contributed by atoms with Crippen molar-refractivity contribution in [2.75, 3.05) is 14.2 Å². The molecule has 88 valence electrons. The van der Waals surface area contributed by atoms with Gasteiger partial charge in [0.05, 0.1) is 13.2 Å². The quantitative estimate of drug-likeness (QED) is 0.498. The first-order valence-electron chi connectivity index (χ1n) is 5.07. The predicted molar refractivity (Wildman–Crippen MR) is 56.4 cm³/mol. The summed E-state index contributed by atoms with van der Waals surface area (Å²) in [5.41, 5.74) is 0. The standard InChI is InChI=1S/C11H20O4/c1-7(2)10(11(13)15-5)9(12)6-8(3)14-4/h7-8,10H,6H2,1-5H3.